The summed E-state index contributed by atoms with van der Waals surface area (Å²) < 4.78 is 19.3. The minimum absolute atomic E-state index is 0.161. The monoisotopic (exact) mass is 411 g/mol. The molecule has 6 heteroatoms. The van der Waals surface area contributed by atoms with Gasteiger partial charge in [0.1, 0.15) is 5.82 Å². The fourth-order valence-corrected chi connectivity index (χ4v) is 2.81. The molecule has 0 aliphatic carbocycles. The zero-order valence-corrected chi connectivity index (χ0v) is 13.5. The number of esters is 1. The summed E-state index contributed by atoms with van der Waals surface area (Å²) in [7, 11) is 0. The van der Waals surface area contributed by atoms with Gasteiger partial charge in [-0.2, -0.15) is 0 Å². The molecule has 0 spiro atoms. The number of fused-ring (bicyclic) bond motifs is 1. The minimum atomic E-state index is -0.960. The number of benzene rings is 2. The molecule has 0 saturated carbocycles. The largest absolute Gasteiger partial charge is 0.448 e. The van der Waals surface area contributed by atoms with Crippen LogP contribution in [0.25, 0.3) is 0 Å². The van der Waals surface area contributed by atoms with Gasteiger partial charge in [-0.3, -0.25) is 4.79 Å². The molecule has 1 aliphatic rings. The van der Waals surface area contributed by atoms with Crippen molar-refractivity contribution in [2.24, 2.45) is 0 Å². The molecule has 1 N–H and O–H groups in total. The summed E-state index contributed by atoms with van der Waals surface area (Å²) in [6.45, 7) is 0. The van der Waals surface area contributed by atoms with Gasteiger partial charge < -0.3 is 10.1 Å². The summed E-state index contributed by atoms with van der Waals surface area (Å²) in [5.41, 5.74) is 1.44. The Morgan fingerprint density at radius 1 is 1.27 bits per heavy atom. The molecule has 0 fully saturated rings. The van der Waals surface area contributed by atoms with Gasteiger partial charge in [-0.1, -0.05) is 12.1 Å². The highest BCUT2D eigenvalue weighted by atomic mass is 127. The third kappa shape index (κ3) is 2.96. The van der Waals surface area contributed by atoms with Gasteiger partial charge in [-0.05, 0) is 58.5 Å². The molecule has 112 valence electrons. The molecule has 3 rings (SSSR count). The standard InChI is InChI=1S/C16H11FINO3/c17-10-5-6-11-9(7-10)8-14(22-16(11)21)15(20)19-13-4-2-1-3-12(13)18/h1-7,14H,8H2,(H,19,20). The first kappa shape index (κ1) is 15.0. The van der Waals surface area contributed by atoms with Gasteiger partial charge in [0.05, 0.1) is 11.3 Å². The molecular formula is C16H11FINO3. The van der Waals surface area contributed by atoms with E-state index in [1.54, 1.807) is 12.1 Å². The maximum atomic E-state index is 13.3. The Hall–Kier alpha value is -1.96. The third-order valence-corrected chi connectivity index (χ3v) is 4.31. The van der Waals surface area contributed by atoms with Gasteiger partial charge in [0.25, 0.3) is 5.91 Å². The Kier molecular flexibility index (Phi) is 4.10. The van der Waals surface area contributed by atoms with E-state index in [2.05, 4.69) is 27.9 Å². The summed E-state index contributed by atoms with van der Waals surface area (Å²) in [5.74, 6) is -1.47. The second-order valence-electron chi connectivity index (χ2n) is 4.87. The van der Waals surface area contributed by atoms with Crippen LogP contribution in [0.15, 0.2) is 42.5 Å². The number of carbonyl (C=O) groups excluding carboxylic acids is 2. The van der Waals surface area contributed by atoms with Crippen molar-refractivity contribution in [2.75, 3.05) is 5.32 Å². The molecule has 1 unspecified atom stereocenters. The number of hydrogen-bond donors (Lipinski definition) is 1. The predicted octanol–water partition coefficient (Wildman–Crippen LogP) is 3.15. The van der Waals surface area contributed by atoms with Crippen LogP contribution in [-0.2, 0) is 16.0 Å². The van der Waals surface area contributed by atoms with E-state index in [1.165, 1.54) is 18.2 Å². The van der Waals surface area contributed by atoms with Crippen molar-refractivity contribution in [3.63, 3.8) is 0 Å². The van der Waals surface area contributed by atoms with Crippen molar-refractivity contribution in [3.05, 3.63) is 63.0 Å². The quantitative estimate of drug-likeness (QED) is 0.611. The summed E-state index contributed by atoms with van der Waals surface area (Å²) in [4.78, 5) is 24.2. The topological polar surface area (TPSA) is 55.4 Å². The first-order valence-electron chi connectivity index (χ1n) is 6.59. The maximum absolute atomic E-state index is 13.3. The number of amides is 1. The lowest BCUT2D eigenvalue weighted by Crippen LogP contribution is -2.38. The van der Waals surface area contributed by atoms with Crippen LogP contribution in [0, 0.1) is 9.39 Å². The molecule has 1 heterocycles. The highest BCUT2D eigenvalue weighted by Gasteiger charge is 2.31. The van der Waals surface area contributed by atoms with E-state index in [-0.39, 0.29) is 6.42 Å². The molecular weight excluding hydrogens is 400 g/mol. The zero-order chi connectivity index (χ0) is 15.7. The lowest BCUT2D eigenvalue weighted by atomic mass is 9.98. The molecule has 1 atom stereocenters. The van der Waals surface area contributed by atoms with Gasteiger partial charge in [0.2, 0.25) is 0 Å². The third-order valence-electron chi connectivity index (χ3n) is 3.37. The normalized spacial score (nSPS) is 16.6. The van der Waals surface area contributed by atoms with Crippen LogP contribution in [0.1, 0.15) is 15.9 Å². The number of ether oxygens (including phenoxy) is 1. The second kappa shape index (κ2) is 6.04. The Balaban J connectivity index is 1.80. The smallest absolute Gasteiger partial charge is 0.339 e. The van der Waals surface area contributed by atoms with Crippen LogP contribution in [0.5, 0.6) is 0 Å². The first-order valence-corrected chi connectivity index (χ1v) is 7.67. The number of para-hydroxylation sites is 1. The molecule has 0 radical (unpaired) electrons. The maximum Gasteiger partial charge on any atom is 0.339 e. The number of halogens is 2. The lowest BCUT2D eigenvalue weighted by molar-refractivity contribution is -0.125. The number of nitrogens with one attached hydrogen (secondary N) is 1. The number of anilines is 1. The minimum Gasteiger partial charge on any atom is -0.448 e. The Morgan fingerprint density at radius 3 is 2.82 bits per heavy atom. The Morgan fingerprint density at radius 2 is 2.05 bits per heavy atom. The summed E-state index contributed by atoms with van der Waals surface area (Å²) in [6, 6.07) is 11.1. The Labute approximate surface area is 139 Å². The van der Waals surface area contributed by atoms with Crippen LogP contribution >= 0.6 is 22.6 Å². The van der Waals surface area contributed by atoms with Crippen LogP contribution in [0.3, 0.4) is 0 Å². The van der Waals surface area contributed by atoms with E-state index in [1.807, 2.05) is 12.1 Å². The number of rotatable bonds is 2. The van der Waals surface area contributed by atoms with Crippen LogP contribution in [0.4, 0.5) is 10.1 Å². The molecule has 22 heavy (non-hydrogen) atoms. The zero-order valence-electron chi connectivity index (χ0n) is 11.3. The highest BCUT2D eigenvalue weighted by molar-refractivity contribution is 14.1. The summed E-state index contributed by atoms with van der Waals surface area (Å²) in [5, 5.41) is 2.73. The SMILES string of the molecule is O=C1OC(C(=O)Nc2ccccc2I)Cc2cc(F)ccc21. The van der Waals surface area contributed by atoms with Crippen molar-refractivity contribution in [3.8, 4) is 0 Å². The second-order valence-corrected chi connectivity index (χ2v) is 6.03. The van der Waals surface area contributed by atoms with Gasteiger partial charge >= 0.3 is 5.97 Å². The van der Waals surface area contributed by atoms with Crippen molar-refractivity contribution in [1.82, 2.24) is 0 Å². The summed E-state index contributed by atoms with van der Waals surface area (Å²) in [6.07, 6.45) is -0.800. The van der Waals surface area contributed by atoms with E-state index in [0.717, 1.165) is 3.57 Å². The van der Waals surface area contributed by atoms with Crippen molar-refractivity contribution >= 4 is 40.2 Å². The van der Waals surface area contributed by atoms with Gasteiger partial charge in [-0.25, -0.2) is 9.18 Å². The van der Waals surface area contributed by atoms with E-state index in [4.69, 9.17) is 4.74 Å². The molecule has 4 nitrogen and oxygen atoms in total. The molecule has 0 bridgehead atoms. The van der Waals surface area contributed by atoms with E-state index < -0.39 is 23.8 Å². The van der Waals surface area contributed by atoms with E-state index >= 15 is 0 Å². The van der Waals surface area contributed by atoms with Crippen molar-refractivity contribution < 1.29 is 18.7 Å². The van der Waals surface area contributed by atoms with E-state index in [0.29, 0.717) is 16.8 Å². The fraction of sp³-hybridized carbons (Fsp3) is 0.125. The number of carbonyl (C=O) groups is 2. The lowest BCUT2D eigenvalue weighted by Gasteiger charge is -2.24. The number of hydrogen-bond acceptors (Lipinski definition) is 3. The molecule has 2 aromatic rings. The first-order chi connectivity index (χ1) is 10.5. The summed E-state index contributed by atoms with van der Waals surface area (Å²) >= 11 is 2.10. The molecule has 1 aliphatic heterocycles. The van der Waals surface area contributed by atoms with Gasteiger partial charge in [-0.15, -0.1) is 0 Å². The van der Waals surface area contributed by atoms with Crippen molar-refractivity contribution in [2.45, 2.75) is 12.5 Å². The van der Waals surface area contributed by atoms with E-state index in [9.17, 15) is 14.0 Å². The van der Waals surface area contributed by atoms with Crippen LogP contribution < -0.4 is 5.32 Å². The molecule has 1 amide bonds. The molecule has 2 aromatic carbocycles. The average molecular weight is 411 g/mol. The Bertz CT molecular complexity index is 763. The molecule has 0 aromatic heterocycles. The predicted molar refractivity (Wildman–Crippen MR) is 87.1 cm³/mol. The van der Waals surface area contributed by atoms with Crippen molar-refractivity contribution in [1.29, 1.82) is 0 Å². The number of cyclic esters (lactones) is 1. The highest BCUT2D eigenvalue weighted by Crippen LogP contribution is 2.23. The fourth-order valence-electron chi connectivity index (χ4n) is 2.29. The van der Waals surface area contributed by atoms with Crippen LogP contribution in [-0.4, -0.2) is 18.0 Å². The average Bonchev–Trinajstić information content (AvgIpc) is 2.49. The molecule has 0 saturated heterocycles. The van der Waals surface area contributed by atoms with Gasteiger partial charge in [0.15, 0.2) is 6.10 Å². The van der Waals surface area contributed by atoms with Crippen LogP contribution in [0.2, 0.25) is 0 Å². The van der Waals surface area contributed by atoms with Gasteiger partial charge in [0, 0.05) is 9.99 Å².